The van der Waals surface area contributed by atoms with Gasteiger partial charge in [0, 0.05) is 31.6 Å². The van der Waals surface area contributed by atoms with E-state index in [9.17, 15) is 14.4 Å². The first-order valence-corrected chi connectivity index (χ1v) is 15.7. The predicted octanol–water partition coefficient (Wildman–Crippen LogP) is 5.57. The summed E-state index contributed by atoms with van der Waals surface area (Å²) < 4.78 is 20.2. The highest BCUT2D eigenvalue weighted by atomic mass is 19.1. The van der Waals surface area contributed by atoms with Crippen LogP contribution in [0, 0.1) is 17.2 Å². The van der Waals surface area contributed by atoms with Crippen molar-refractivity contribution in [3.05, 3.63) is 65.5 Å². The molecule has 4 heterocycles. The summed E-state index contributed by atoms with van der Waals surface area (Å²) in [6, 6.07) is 15.5. The molecule has 3 saturated heterocycles. The van der Waals surface area contributed by atoms with E-state index in [0.717, 1.165) is 54.0 Å². The minimum Gasteiger partial charge on any atom is -0.475 e. The highest BCUT2D eigenvalue weighted by molar-refractivity contribution is 5.98. The van der Waals surface area contributed by atoms with Crippen LogP contribution in [0.1, 0.15) is 54.7 Å². The molecule has 0 radical (unpaired) electrons. The molecule has 2 atom stereocenters. The summed E-state index contributed by atoms with van der Waals surface area (Å²) in [7, 11) is 0. The van der Waals surface area contributed by atoms with Crippen LogP contribution in [-0.4, -0.2) is 72.1 Å². The molecule has 8 heteroatoms. The number of nitrogens with zero attached hydrogens (tertiary/aromatic N) is 5. The van der Waals surface area contributed by atoms with Crippen LogP contribution in [0.4, 0.5) is 10.1 Å². The van der Waals surface area contributed by atoms with Crippen molar-refractivity contribution in [2.75, 3.05) is 50.8 Å². The monoisotopic (exact) mass is 577 g/mol. The number of hydrogen-bond donors (Lipinski definition) is 0. The van der Waals surface area contributed by atoms with E-state index in [-0.39, 0.29) is 5.54 Å². The fraction of sp³-hybridized carbons (Fsp3) is 0.457. The third-order valence-corrected chi connectivity index (χ3v) is 10.7. The molecule has 7 nitrogen and oxygen atoms in total. The molecule has 8 rings (SSSR count). The summed E-state index contributed by atoms with van der Waals surface area (Å²) in [6.07, 6.45) is 7.02. The molecule has 43 heavy (non-hydrogen) atoms. The lowest BCUT2D eigenvalue weighted by molar-refractivity contribution is -0.128. The molecule has 1 amide bonds. The molecule has 2 unspecified atom stereocenters. The van der Waals surface area contributed by atoms with Gasteiger partial charge in [-0.3, -0.25) is 9.69 Å². The van der Waals surface area contributed by atoms with E-state index >= 15 is 0 Å². The van der Waals surface area contributed by atoms with Crippen molar-refractivity contribution in [2.45, 2.75) is 50.0 Å². The van der Waals surface area contributed by atoms with Crippen LogP contribution in [-0.2, 0) is 11.2 Å². The van der Waals surface area contributed by atoms with Crippen molar-refractivity contribution in [3.8, 4) is 23.1 Å². The first-order valence-electron chi connectivity index (χ1n) is 15.7. The second-order valence-corrected chi connectivity index (χ2v) is 13.1. The molecule has 2 aliphatic carbocycles. The van der Waals surface area contributed by atoms with E-state index < -0.39 is 11.7 Å². The second-order valence-electron chi connectivity index (χ2n) is 13.1. The van der Waals surface area contributed by atoms with Gasteiger partial charge in [-0.25, -0.2) is 9.37 Å². The molecule has 0 N–H and O–H groups in total. The van der Waals surface area contributed by atoms with Crippen molar-refractivity contribution in [1.82, 2.24) is 14.8 Å². The molecule has 220 valence electrons. The van der Waals surface area contributed by atoms with E-state index in [4.69, 9.17) is 9.72 Å². The number of carbonyl (C=O) groups is 1. The fourth-order valence-corrected chi connectivity index (χ4v) is 8.49. The number of nitriles is 1. The van der Waals surface area contributed by atoms with Gasteiger partial charge in [-0.05, 0) is 91.8 Å². The van der Waals surface area contributed by atoms with Gasteiger partial charge in [-0.1, -0.05) is 36.9 Å². The van der Waals surface area contributed by atoms with Gasteiger partial charge in [0.15, 0.2) is 5.83 Å². The number of rotatable bonds is 6. The van der Waals surface area contributed by atoms with E-state index in [1.54, 1.807) is 0 Å². The normalized spacial score (nSPS) is 23.5. The Hall–Kier alpha value is -3.96. The molecule has 3 aromatic rings. The lowest BCUT2D eigenvalue weighted by Crippen LogP contribution is -2.49. The largest absolute Gasteiger partial charge is 0.475 e. The number of pyridine rings is 1. The number of piperazine rings is 1. The van der Waals surface area contributed by atoms with Gasteiger partial charge in [0.1, 0.15) is 18.2 Å². The van der Waals surface area contributed by atoms with E-state index in [2.05, 4.69) is 58.8 Å². The summed E-state index contributed by atoms with van der Waals surface area (Å²) in [4.78, 5) is 23.5. The number of carbonyl (C=O) groups excluding carboxylic acids is 1. The van der Waals surface area contributed by atoms with Crippen molar-refractivity contribution in [2.24, 2.45) is 5.92 Å². The second kappa shape index (κ2) is 10.1. The van der Waals surface area contributed by atoms with E-state index in [0.29, 0.717) is 50.1 Å². The predicted molar refractivity (Wildman–Crippen MR) is 164 cm³/mol. The topological polar surface area (TPSA) is 72.7 Å². The maximum absolute atomic E-state index is 13.6. The molecule has 5 aliphatic rings. The highest BCUT2D eigenvalue weighted by Crippen LogP contribution is 2.58. The summed E-state index contributed by atoms with van der Waals surface area (Å²) in [5.74, 6) is 0.237. The highest BCUT2D eigenvalue weighted by Gasteiger charge is 2.47. The maximum atomic E-state index is 13.6. The molecular weight excluding hydrogens is 541 g/mol. The Kier molecular flexibility index (Phi) is 6.23. The summed E-state index contributed by atoms with van der Waals surface area (Å²) in [5.41, 5.74) is 7.42. The Morgan fingerprint density at radius 1 is 1.12 bits per heavy atom. The van der Waals surface area contributed by atoms with Crippen molar-refractivity contribution < 1.29 is 13.9 Å². The minimum atomic E-state index is -0.944. The number of anilines is 1. The lowest BCUT2D eigenvalue weighted by Gasteiger charge is -2.37. The van der Waals surface area contributed by atoms with Crippen LogP contribution in [0.5, 0.6) is 5.88 Å². The molecule has 0 bridgehead atoms. The van der Waals surface area contributed by atoms with Crippen LogP contribution in [0.25, 0.3) is 22.0 Å². The summed E-state index contributed by atoms with van der Waals surface area (Å²) in [5, 5.41) is 11.4. The molecule has 4 fully saturated rings. The first-order chi connectivity index (χ1) is 21.0. The van der Waals surface area contributed by atoms with Gasteiger partial charge in [0.05, 0.1) is 16.7 Å². The number of amides is 1. The SMILES string of the molecule is C=C(F)C(=O)N1CCN(c2c(C#N)c(OCC34CCCN3CCC4)nc3cc(-c4cccc5c4C4CC4C5)ccc23)CC1. The van der Waals surface area contributed by atoms with Gasteiger partial charge >= 0.3 is 0 Å². The molecule has 1 aromatic heterocycles. The van der Waals surface area contributed by atoms with Crippen LogP contribution in [0.3, 0.4) is 0 Å². The average molecular weight is 578 g/mol. The smallest absolute Gasteiger partial charge is 0.282 e. The van der Waals surface area contributed by atoms with Crippen LogP contribution < -0.4 is 9.64 Å². The van der Waals surface area contributed by atoms with Crippen LogP contribution >= 0.6 is 0 Å². The number of aromatic nitrogens is 1. The lowest BCUT2D eigenvalue weighted by atomic mass is 9.93. The van der Waals surface area contributed by atoms with Crippen molar-refractivity contribution >= 4 is 22.5 Å². The summed E-state index contributed by atoms with van der Waals surface area (Å²) >= 11 is 0. The molecule has 0 spiro atoms. The zero-order valence-electron chi connectivity index (χ0n) is 24.4. The zero-order chi connectivity index (χ0) is 29.3. The van der Waals surface area contributed by atoms with Gasteiger partial charge in [-0.2, -0.15) is 5.26 Å². The van der Waals surface area contributed by atoms with Gasteiger partial charge in [0.2, 0.25) is 5.88 Å². The minimum absolute atomic E-state index is 0.0253. The Labute approximate surface area is 251 Å². The third-order valence-electron chi connectivity index (χ3n) is 10.7. The van der Waals surface area contributed by atoms with Gasteiger partial charge in [0.25, 0.3) is 5.91 Å². The van der Waals surface area contributed by atoms with Gasteiger partial charge in [-0.15, -0.1) is 0 Å². The molecule has 1 saturated carbocycles. The number of halogens is 1. The number of ether oxygens (including phenoxy) is 1. The fourth-order valence-electron chi connectivity index (χ4n) is 8.49. The molecule has 2 aromatic carbocycles. The zero-order valence-corrected chi connectivity index (χ0v) is 24.4. The van der Waals surface area contributed by atoms with Crippen LogP contribution in [0.2, 0.25) is 0 Å². The molecule has 3 aliphatic heterocycles. The summed E-state index contributed by atoms with van der Waals surface area (Å²) in [6.45, 7) is 7.56. The van der Waals surface area contributed by atoms with Crippen molar-refractivity contribution in [3.63, 3.8) is 0 Å². The Bertz CT molecular complexity index is 1690. The quantitative estimate of drug-likeness (QED) is 0.357. The Balaban J connectivity index is 1.20. The van der Waals surface area contributed by atoms with E-state index in [1.807, 2.05) is 0 Å². The third kappa shape index (κ3) is 4.31. The standard InChI is InChI=1S/C35H36FN5O2/c1-22(36)34(42)40-15-13-39(14-16-40)32-27-8-7-23(26-6-2-5-24-17-25-18-28(25)31(24)26)19-30(27)38-33(29(32)20-37)43-21-35-9-3-11-41(35)12-4-10-35/h2,5-8,19,25,28H,1,3-4,9-18,21H2. The average Bonchev–Trinajstić information content (AvgIpc) is 3.31. The van der Waals surface area contributed by atoms with Gasteiger partial charge < -0.3 is 14.5 Å². The number of benzene rings is 2. The Morgan fingerprint density at radius 2 is 1.91 bits per heavy atom. The number of hydrogen-bond acceptors (Lipinski definition) is 6. The maximum Gasteiger partial charge on any atom is 0.282 e. The molecular formula is C35H36FN5O2. The van der Waals surface area contributed by atoms with Crippen LogP contribution in [0.15, 0.2) is 48.8 Å². The Morgan fingerprint density at radius 3 is 2.65 bits per heavy atom. The number of fused-ring (bicyclic) bond motifs is 5. The first kappa shape index (κ1) is 26.7. The van der Waals surface area contributed by atoms with Crippen molar-refractivity contribution in [1.29, 1.82) is 5.26 Å². The van der Waals surface area contributed by atoms with E-state index in [1.165, 1.54) is 47.3 Å².